The number of halogens is 2. The molecule has 30 heavy (non-hydrogen) atoms. The summed E-state index contributed by atoms with van der Waals surface area (Å²) in [6.45, 7) is 6.06. The number of nitrogens with one attached hydrogen (secondary N) is 1. The molecule has 1 aliphatic heterocycles. The maximum absolute atomic E-state index is 13.3. The Hall–Kier alpha value is -2.48. The first-order valence-corrected chi connectivity index (χ1v) is 10.3. The zero-order valence-electron chi connectivity index (χ0n) is 17.0. The molecule has 0 bridgehead atoms. The molecule has 4 amide bonds. The highest BCUT2D eigenvalue weighted by Crippen LogP contribution is 2.38. The summed E-state index contributed by atoms with van der Waals surface area (Å²) >= 11 is 12.1. The zero-order chi connectivity index (χ0) is 22.1. The third kappa shape index (κ3) is 4.19. The van der Waals surface area contributed by atoms with Gasteiger partial charge in [-0.2, -0.15) is 5.06 Å². The molecule has 0 spiro atoms. The molecule has 160 valence electrons. The monoisotopic (exact) mass is 450 g/mol. The van der Waals surface area contributed by atoms with Crippen LogP contribution >= 0.6 is 23.2 Å². The average molecular weight is 451 g/mol. The van der Waals surface area contributed by atoms with Gasteiger partial charge in [0.25, 0.3) is 0 Å². The maximum Gasteiger partial charge on any atom is 0.347 e. The van der Waals surface area contributed by atoms with E-state index in [2.05, 4.69) is 5.32 Å². The molecule has 9 heteroatoms. The fraction of sp³-hybridized carbons (Fsp3) is 0.333. The van der Waals surface area contributed by atoms with Crippen LogP contribution in [0.3, 0.4) is 0 Å². The number of amides is 4. The standard InChI is InChI=1S/C21H24Cl2N4O3/c1-4-11-25-20(29)26(17-10-6-8-15(23)13-17)18(21(25,2)3)27(30)19(28)24-16-9-5-7-14(22)12-16/h5-10,12-13,18,30H,4,11H2,1-3H3,(H,24,28)/t18-/m0/s1. The lowest BCUT2D eigenvalue weighted by Crippen LogP contribution is -2.58. The van der Waals surface area contributed by atoms with E-state index in [1.165, 1.54) is 4.90 Å². The van der Waals surface area contributed by atoms with E-state index in [0.29, 0.717) is 33.0 Å². The molecular weight excluding hydrogens is 427 g/mol. The molecule has 2 aromatic carbocycles. The largest absolute Gasteiger partial charge is 0.347 e. The van der Waals surface area contributed by atoms with E-state index in [9.17, 15) is 14.8 Å². The van der Waals surface area contributed by atoms with Gasteiger partial charge in [0, 0.05) is 28.0 Å². The first-order chi connectivity index (χ1) is 14.2. The summed E-state index contributed by atoms with van der Waals surface area (Å²) in [5.74, 6) is 0. The summed E-state index contributed by atoms with van der Waals surface area (Å²) < 4.78 is 0. The average Bonchev–Trinajstić information content (AvgIpc) is 2.88. The Balaban J connectivity index is 1.98. The molecule has 1 saturated heterocycles. The van der Waals surface area contributed by atoms with E-state index in [1.807, 2.05) is 20.8 Å². The van der Waals surface area contributed by atoms with Crippen molar-refractivity contribution in [1.29, 1.82) is 0 Å². The van der Waals surface area contributed by atoms with Crippen LogP contribution in [-0.2, 0) is 0 Å². The van der Waals surface area contributed by atoms with E-state index in [0.717, 1.165) is 6.42 Å². The quantitative estimate of drug-likeness (QED) is 0.454. The van der Waals surface area contributed by atoms with Gasteiger partial charge in [0.1, 0.15) is 0 Å². The van der Waals surface area contributed by atoms with Gasteiger partial charge in [-0.15, -0.1) is 0 Å². The van der Waals surface area contributed by atoms with Gasteiger partial charge in [-0.05, 0) is 56.7 Å². The minimum Gasteiger partial charge on any atom is -0.315 e. The van der Waals surface area contributed by atoms with Crippen molar-refractivity contribution >= 4 is 46.6 Å². The Bertz CT molecular complexity index is 953. The summed E-state index contributed by atoms with van der Waals surface area (Å²) in [6.07, 6.45) is -0.264. The molecule has 1 atom stereocenters. The van der Waals surface area contributed by atoms with E-state index in [1.54, 1.807) is 53.4 Å². The number of hydrogen-bond donors (Lipinski definition) is 2. The van der Waals surface area contributed by atoms with Gasteiger partial charge in [0.2, 0.25) is 0 Å². The lowest BCUT2D eigenvalue weighted by molar-refractivity contribution is -0.0948. The van der Waals surface area contributed by atoms with Gasteiger partial charge in [-0.25, -0.2) is 9.59 Å². The highest BCUT2D eigenvalue weighted by atomic mass is 35.5. The highest BCUT2D eigenvalue weighted by Gasteiger charge is 2.55. The van der Waals surface area contributed by atoms with Gasteiger partial charge in [0.15, 0.2) is 6.17 Å². The maximum atomic E-state index is 13.3. The van der Waals surface area contributed by atoms with Crippen LogP contribution in [-0.4, -0.2) is 45.5 Å². The van der Waals surface area contributed by atoms with Crippen LogP contribution in [0.5, 0.6) is 0 Å². The lowest BCUT2D eigenvalue weighted by Gasteiger charge is -2.38. The molecule has 3 rings (SSSR count). The SMILES string of the molecule is CCCN1C(=O)N(c2cccc(Cl)c2)[C@@H](N(O)C(=O)Nc2cccc(Cl)c2)C1(C)C. The van der Waals surface area contributed by atoms with Crippen molar-refractivity contribution in [3.63, 3.8) is 0 Å². The van der Waals surface area contributed by atoms with Crippen LogP contribution in [0, 0.1) is 0 Å². The van der Waals surface area contributed by atoms with Gasteiger partial charge < -0.3 is 10.2 Å². The van der Waals surface area contributed by atoms with Crippen LogP contribution in [0.4, 0.5) is 21.0 Å². The number of rotatable bonds is 5. The minimum absolute atomic E-state index is 0.316. The van der Waals surface area contributed by atoms with Crippen molar-refractivity contribution in [2.75, 3.05) is 16.8 Å². The van der Waals surface area contributed by atoms with E-state index >= 15 is 0 Å². The van der Waals surface area contributed by atoms with Gasteiger partial charge >= 0.3 is 12.1 Å². The zero-order valence-corrected chi connectivity index (χ0v) is 18.5. The van der Waals surface area contributed by atoms with E-state index in [-0.39, 0.29) is 6.03 Å². The molecular formula is C21H24Cl2N4O3. The van der Waals surface area contributed by atoms with Crippen LogP contribution in [0.15, 0.2) is 48.5 Å². The number of hydrogen-bond acceptors (Lipinski definition) is 3. The minimum atomic E-state index is -0.991. The predicted octanol–water partition coefficient (Wildman–Crippen LogP) is 5.67. The molecule has 2 N–H and O–H groups in total. The Labute approximate surface area is 185 Å². The normalized spacial score (nSPS) is 17.9. The number of carbonyl (C=O) groups is 2. The summed E-state index contributed by atoms with van der Waals surface area (Å²) in [5.41, 5.74) is 0.0303. The first kappa shape index (κ1) is 22.2. The second-order valence-electron chi connectivity index (χ2n) is 7.60. The second-order valence-corrected chi connectivity index (χ2v) is 8.47. The van der Waals surface area contributed by atoms with Gasteiger partial charge in [-0.3, -0.25) is 10.1 Å². The van der Waals surface area contributed by atoms with Crippen LogP contribution < -0.4 is 10.2 Å². The fourth-order valence-electron chi connectivity index (χ4n) is 3.69. The van der Waals surface area contributed by atoms with Crippen molar-refractivity contribution in [2.24, 2.45) is 0 Å². The van der Waals surface area contributed by atoms with Crippen molar-refractivity contribution in [2.45, 2.75) is 38.9 Å². The first-order valence-electron chi connectivity index (χ1n) is 9.58. The molecule has 2 aromatic rings. The molecule has 0 aliphatic carbocycles. The van der Waals surface area contributed by atoms with Crippen molar-refractivity contribution in [1.82, 2.24) is 9.96 Å². The topological polar surface area (TPSA) is 76.1 Å². The molecule has 7 nitrogen and oxygen atoms in total. The van der Waals surface area contributed by atoms with Crippen molar-refractivity contribution in [3.05, 3.63) is 58.6 Å². The smallest absolute Gasteiger partial charge is 0.315 e. The number of anilines is 2. The summed E-state index contributed by atoms with van der Waals surface area (Å²) in [5, 5.41) is 15.0. The molecule has 1 aliphatic rings. The Morgan fingerprint density at radius 2 is 1.80 bits per heavy atom. The third-order valence-electron chi connectivity index (χ3n) is 5.06. The molecule has 1 fully saturated rings. The lowest BCUT2D eigenvalue weighted by atomic mass is 9.99. The highest BCUT2D eigenvalue weighted by molar-refractivity contribution is 6.31. The number of nitrogens with zero attached hydrogens (tertiary/aromatic N) is 3. The summed E-state index contributed by atoms with van der Waals surface area (Å²) in [4.78, 5) is 29.2. The van der Waals surface area contributed by atoms with Gasteiger partial charge in [0.05, 0.1) is 5.54 Å². The van der Waals surface area contributed by atoms with Crippen LogP contribution in [0.2, 0.25) is 10.0 Å². The van der Waals surface area contributed by atoms with Gasteiger partial charge in [-0.1, -0.05) is 42.3 Å². The second kappa shape index (κ2) is 8.71. The summed E-state index contributed by atoms with van der Waals surface area (Å²) in [6, 6.07) is 12.2. The van der Waals surface area contributed by atoms with E-state index < -0.39 is 17.7 Å². The molecule has 0 radical (unpaired) electrons. The van der Waals surface area contributed by atoms with E-state index in [4.69, 9.17) is 23.2 Å². The molecule has 0 aromatic heterocycles. The Morgan fingerprint density at radius 3 is 2.40 bits per heavy atom. The number of urea groups is 2. The summed E-state index contributed by atoms with van der Waals surface area (Å²) in [7, 11) is 0. The number of benzene rings is 2. The molecule has 0 saturated carbocycles. The van der Waals surface area contributed by atoms with Crippen molar-refractivity contribution in [3.8, 4) is 0 Å². The fourth-order valence-corrected chi connectivity index (χ4v) is 4.06. The Morgan fingerprint density at radius 1 is 1.17 bits per heavy atom. The third-order valence-corrected chi connectivity index (χ3v) is 5.53. The van der Waals surface area contributed by atoms with Crippen LogP contribution in [0.1, 0.15) is 27.2 Å². The Kier molecular flexibility index (Phi) is 6.45. The van der Waals surface area contributed by atoms with Crippen LogP contribution in [0.25, 0.3) is 0 Å². The number of carbonyl (C=O) groups excluding carboxylic acids is 2. The molecule has 0 unspecified atom stereocenters. The number of hydroxylamine groups is 2. The van der Waals surface area contributed by atoms with Crippen molar-refractivity contribution < 1.29 is 14.8 Å². The molecule has 1 heterocycles. The predicted molar refractivity (Wildman–Crippen MR) is 118 cm³/mol.